The van der Waals surface area contributed by atoms with Crippen molar-refractivity contribution in [3.05, 3.63) is 0 Å². The van der Waals surface area contributed by atoms with Crippen LogP contribution in [0.1, 0.15) is 33.1 Å². The minimum atomic E-state index is -0.822. The summed E-state index contributed by atoms with van der Waals surface area (Å²) < 4.78 is 0. The standard InChI is InChI=1S/C11H19NO4/c1-11(2,6-13)12-9(14)7-3-4-8(5-7)10(15)16/h7-8,13H,3-6H2,1-2H3,(H,12,14)(H,15,16). The highest BCUT2D eigenvalue weighted by Crippen LogP contribution is 2.31. The number of carbonyl (C=O) groups is 2. The van der Waals surface area contributed by atoms with E-state index in [0.29, 0.717) is 19.3 Å². The second kappa shape index (κ2) is 4.82. The number of aliphatic hydroxyl groups is 1. The van der Waals surface area contributed by atoms with Crippen molar-refractivity contribution >= 4 is 11.9 Å². The predicted octanol–water partition coefficient (Wildman–Crippen LogP) is 0.374. The lowest BCUT2D eigenvalue weighted by atomic mass is 10.0. The maximum atomic E-state index is 11.8. The number of carbonyl (C=O) groups excluding carboxylic acids is 1. The molecule has 1 fully saturated rings. The summed E-state index contributed by atoms with van der Waals surface area (Å²) in [5.41, 5.74) is -0.640. The third-order valence-corrected chi connectivity index (χ3v) is 3.01. The minimum Gasteiger partial charge on any atom is -0.481 e. The molecule has 0 aromatic carbocycles. The maximum absolute atomic E-state index is 11.8. The molecule has 2 unspecified atom stereocenters. The first-order valence-corrected chi connectivity index (χ1v) is 5.51. The van der Waals surface area contributed by atoms with Gasteiger partial charge in [0.25, 0.3) is 0 Å². The molecule has 1 rings (SSSR count). The molecule has 0 aliphatic heterocycles. The van der Waals surface area contributed by atoms with E-state index in [1.165, 1.54) is 0 Å². The highest BCUT2D eigenvalue weighted by molar-refractivity contribution is 5.81. The normalized spacial score (nSPS) is 25.4. The first kappa shape index (κ1) is 13.0. The van der Waals surface area contributed by atoms with E-state index in [1.807, 2.05) is 0 Å². The van der Waals surface area contributed by atoms with E-state index in [9.17, 15) is 9.59 Å². The largest absolute Gasteiger partial charge is 0.481 e. The first-order valence-electron chi connectivity index (χ1n) is 5.51. The summed E-state index contributed by atoms with van der Waals surface area (Å²) in [6, 6.07) is 0. The highest BCUT2D eigenvalue weighted by atomic mass is 16.4. The Labute approximate surface area is 94.8 Å². The molecule has 2 atom stereocenters. The summed E-state index contributed by atoms with van der Waals surface area (Å²) in [5.74, 6) is -1.60. The smallest absolute Gasteiger partial charge is 0.306 e. The van der Waals surface area contributed by atoms with E-state index in [2.05, 4.69) is 5.32 Å². The van der Waals surface area contributed by atoms with Crippen molar-refractivity contribution < 1.29 is 19.8 Å². The molecule has 0 spiro atoms. The van der Waals surface area contributed by atoms with Crippen molar-refractivity contribution in [1.29, 1.82) is 0 Å². The molecule has 0 radical (unpaired) electrons. The average Bonchev–Trinajstić information content (AvgIpc) is 2.66. The molecule has 0 heterocycles. The highest BCUT2D eigenvalue weighted by Gasteiger charge is 2.35. The van der Waals surface area contributed by atoms with Crippen LogP contribution < -0.4 is 5.32 Å². The van der Waals surface area contributed by atoms with Crippen LogP contribution >= 0.6 is 0 Å². The Morgan fingerprint density at radius 3 is 2.31 bits per heavy atom. The molecule has 1 saturated carbocycles. The fourth-order valence-electron chi connectivity index (χ4n) is 1.92. The molecule has 5 nitrogen and oxygen atoms in total. The molecule has 1 amide bonds. The van der Waals surface area contributed by atoms with Crippen LogP contribution in [0.2, 0.25) is 0 Å². The average molecular weight is 229 g/mol. The second-order valence-electron chi connectivity index (χ2n) is 5.08. The molecular weight excluding hydrogens is 210 g/mol. The van der Waals surface area contributed by atoms with Crippen molar-refractivity contribution in [3.63, 3.8) is 0 Å². The van der Waals surface area contributed by atoms with Crippen LogP contribution in [-0.2, 0) is 9.59 Å². The number of nitrogens with one attached hydrogen (secondary N) is 1. The summed E-state index contributed by atoms with van der Waals surface area (Å²) in [5, 5.41) is 20.6. The predicted molar refractivity (Wildman–Crippen MR) is 57.8 cm³/mol. The summed E-state index contributed by atoms with van der Waals surface area (Å²) in [4.78, 5) is 22.5. The van der Waals surface area contributed by atoms with Gasteiger partial charge in [0, 0.05) is 5.92 Å². The molecule has 0 saturated heterocycles. The zero-order chi connectivity index (χ0) is 12.3. The molecule has 0 aromatic rings. The van der Waals surface area contributed by atoms with Crippen molar-refractivity contribution in [2.24, 2.45) is 11.8 Å². The van der Waals surface area contributed by atoms with Crippen molar-refractivity contribution in [1.82, 2.24) is 5.32 Å². The Kier molecular flexibility index (Phi) is 3.91. The fourth-order valence-corrected chi connectivity index (χ4v) is 1.92. The maximum Gasteiger partial charge on any atom is 0.306 e. The molecule has 0 bridgehead atoms. The van der Waals surface area contributed by atoms with Gasteiger partial charge in [-0.2, -0.15) is 0 Å². The number of hydrogen-bond donors (Lipinski definition) is 3. The molecule has 0 aromatic heterocycles. The lowest BCUT2D eigenvalue weighted by molar-refractivity contribution is -0.141. The van der Waals surface area contributed by atoms with Gasteiger partial charge >= 0.3 is 5.97 Å². The SMILES string of the molecule is CC(C)(CO)NC(=O)C1CCC(C(=O)O)C1. The van der Waals surface area contributed by atoms with Gasteiger partial charge in [0.1, 0.15) is 0 Å². The van der Waals surface area contributed by atoms with E-state index in [1.54, 1.807) is 13.8 Å². The molecule has 3 N–H and O–H groups in total. The van der Waals surface area contributed by atoms with Gasteiger partial charge in [-0.25, -0.2) is 0 Å². The van der Waals surface area contributed by atoms with E-state index < -0.39 is 17.4 Å². The van der Waals surface area contributed by atoms with Crippen molar-refractivity contribution in [2.75, 3.05) is 6.61 Å². The number of hydrogen-bond acceptors (Lipinski definition) is 3. The van der Waals surface area contributed by atoms with E-state index in [0.717, 1.165) is 0 Å². The van der Waals surface area contributed by atoms with Gasteiger partial charge in [-0.15, -0.1) is 0 Å². The summed E-state index contributed by atoms with van der Waals surface area (Å²) in [7, 11) is 0. The number of amides is 1. The van der Waals surface area contributed by atoms with Crippen molar-refractivity contribution in [3.8, 4) is 0 Å². The first-order chi connectivity index (χ1) is 7.35. The van der Waals surface area contributed by atoms with E-state index in [4.69, 9.17) is 10.2 Å². The number of carboxylic acids is 1. The van der Waals surface area contributed by atoms with Crippen molar-refractivity contribution in [2.45, 2.75) is 38.6 Å². The van der Waals surface area contributed by atoms with Crippen LogP contribution in [0.4, 0.5) is 0 Å². The van der Waals surface area contributed by atoms with Crippen LogP contribution in [0.15, 0.2) is 0 Å². The van der Waals surface area contributed by atoms with Gasteiger partial charge < -0.3 is 15.5 Å². The number of aliphatic hydroxyl groups excluding tert-OH is 1. The minimum absolute atomic E-state index is 0.131. The lowest BCUT2D eigenvalue weighted by Gasteiger charge is -2.25. The van der Waals surface area contributed by atoms with Gasteiger partial charge in [-0.1, -0.05) is 0 Å². The number of carboxylic acid groups (broad SMARTS) is 1. The topological polar surface area (TPSA) is 86.6 Å². The summed E-state index contributed by atoms with van der Waals surface area (Å²) in [6.45, 7) is 3.33. The van der Waals surface area contributed by atoms with E-state index in [-0.39, 0.29) is 18.4 Å². The molecular formula is C11H19NO4. The quantitative estimate of drug-likeness (QED) is 0.650. The molecule has 16 heavy (non-hydrogen) atoms. The zero-order valence-corrected chi connectivity index (χ0v) is 9.69. The van der Waals surface area contributed by atoms with Crippen LogP contribution in [0.25, 0.3) is 0 Å². The summed E-state index contributed by atoms with van der Waals surface area (Å²) in [6.07, 6.45) is 1.58. The second-order valence-corrected chi connectivity index (χ2v) is 5.08. The van der Waals surface area contributed by atoms with Gasteiger partial charge in [-0.05, 0) is 33.1 Å². The monoisotopic (exact) mass is 229 g/mol. The Morgan fingerprint density at radius 1 is 1.31 bits per heavy atom. The van der Waals surface area contributed by atoms with Gasteiger partial charge in [-0.3, -0.25) is 9.59 Å². The Morgan fingerprint density at radius 2 is 1.88 bits per heavy atom. The molecule has 5 heteroatoms. The van der Waals surface area contributed by atoms with Crippen LogP contribution in [0, 0.1) is 11.8 Å². The van der Waals surface area contributed by atoms with Crippen LogP contribution in [0.3, 0.4) is 0 Å². The zero-order valence-electron chi connectivity index (χ0n) is 9.69. The number of aliphatic carboxylic acids is 1. The fraction of sp³-hybridized carbons (Fsp3) is 0.818. The Bertz CT molecular complexity index is 288. The van der Waals surface area contributed by atoms with Gasteiger partial charge in [0.15, 0.2) is 0 Å². The Hall–Kier alpha value is -1.10. The lowest BCUT2D eigenvalue weighted by Crippen LogP contribution is -2.48. The third-order valence-electron chi connectivity index (χ3n) is 3.01. The van der Waals surface area contributed by atoms with Gasteiger partial charge in [0.05, 0.1) is 18.1 Å². The summed E-state index contributed by atoms with van der Waals surface area (Å²) >= 11 is 0. The Balaban J connectivity index is 2.48. The van der Waals surface area contributed by atoms with E-state index >= 15 is 0 Å². The number of rotatable bonds is 4. The molecule has 1 aliphatic rings. The van der Waals surface area contributed by atoms with Crippen LogP contribution in [0.5, 0.6) is 0 Å². The molecule has 1 aliphatic carbocycles. The molecule has 92 valence electrons. The van der Waals surface area contributed by atoms with Crippen LogP contribution in [-0.4, -0.2) is 34.2 Å². The van der Waals surface area contributed by atoms with Gasteiger partial charge in [0.2, 0.25) is 5.91 Å². The third kappa shape index (κ3) is 3.20.